The largest absolute Gasteiger partial charge is 0.390 e. The number of nitrogens with zero attached hydrogens (tertiary/aromatic N) is 3. The van der Waals surface area contributed by atoms with Gasteiger partial charge in [0.1, 0.15) is 6.61 Å². The van der Waals surface area contributed by atoms with E-state index in [9.17, 15) is 10.1 Å². The van der Waals surface area contributed by atoms with Crippen molar-refractivity contribution < 1.29 is 9.76 Å². The summed E-state index contributed by atoms with van der Waals surface area (Å²) in [4.78, 5) is 18.4. The summed E-state index contributed by atoms with van der Waals surface area (Å²) in [6.07, 6.45) is 0. The van der Waals surface area contributed by atoms with Gasteiger partial charge in [-0.05, 0) is 36.2 Å². The van der Waals surface area contributed by atoms with Crippen LogP contribution in [0.4, 0.5) is 11.4 Å². The number of para-hydroxylation sites is 1. The fourth-order valence-corrected chi connectivity index (χ4v) is 3.51. The third-order valence-corrected chi connectivity index (χ3v) is 5.08. The Morgan fingerprint density at radius 2 is 1.72 bits per heavy atom. The summed E-state index contributed by atoms with van der Waals surface area (Å²) in [6.45, 7) is 3.71. The van der Waals surface area contributed by atoms with Crippen molar-refractivity contribution in [3.05, 3.63) is 105 Å². The van der Waals surface area contributed by atoms with Gasteiger partial charge in [-0.15, -0.1) is 0 Å². The lowest BCUT2D eigenvalue weighted by Gasteiger charge is -2.18. The van der Waals surface area contributed by atoms with Gasteiger partial charge in [-0.25, -0.2) is 0 Å². The number of benzene rings is 3. The molecule has 146 valence electrons. The summed E-state index contributed by atoms with van der Waals surface area (Å²) in [6, 6.07) is 23.2. The zero-order valence-electron chi connectivity index (χ0n) is 16.1. The first-order chi connectivity index (χ1) is 14.1. The molecular weight excluding hydrogens is 366 g/mol. The van der Waals surface area contributed by atoms with Crippen molar-refractivity contribution in [2.24, 2.45) is 5.16 Å². The van der Waals surface area contributed by atoms with Gasteiger partial charge in [0.05, 0.1) is 16.2 Å². The Hall–Kier alpha value is -3.67. The van der Waals surface area contributed by atoms with E-state index in [1.54, 1.807) is 18.2 Å². The van der Waals surface area contributed by atoms with Crippen molar-refractivity contribution in [3.63, 3.8) is 0 Å². The fourth-order valence-electron chi connectivity index (χ4n) is 3.51. The van der Waals surface area contributed by atoms with Crippen LogP contribution in [0.25, 0.3) is 0 Å². The molecule has 0 fully saturated rings. The lowest BCUT2D eigenvalue weighted by Crippen LogP contribution is -2.14. The maximum absolute atomic E-state index is 11.1. The molecule has 1 heterocycles. The van der Waals surface area contributed by atoms with Gasteiger partial charge < -0.3 is 9.74 Å². The predicted molar refractivity (Wildman–Crippen MR) is 113 cm³/mol. The normalized spacial score (nSPS) is 13.3. The molecule has 0 unspecified atom stereocenters. The fraction of sp³-hybridized carbons (Fsp3) is 0.174. The first-order valence-electron chi connectivity index (χ1n) is 9.43. The monoisotopic (exact) mass is 387 g/mol. The minimum absolute atomic E-state index is 0.0379. The maximum Gasteiger partial charge on any atom is 0.276 e. The van der Waals surface area contributed by atoms with E-state index in [0.29, 0.717) is 5.56 Å². The van der Waals surface area contributed by atoms with Gasteiger partial charge in [0.15, 0.2) is 0 Å². The Balaban J connectivity index is 1.45. The lowest BCUT2D eigenvalue weighted by molar-refractivity contribution is -0.386. The second-order valence-corrected chi connectivity index (χ2v) is 7.01. The van der Waals surface area contributed by atoms with Crippen molar-refractivity contribution in [2.75, 3.05) is 4.90 Å². The number of nitro benzene ring substituents is 1. The molecule has 0 spiro atoms. The lowest BCUT2D eigenvalue weighted by atomic mass is 10.1. The van der Waals surface area contributed by atoms with E-state index in [0.717, 1.165) is 30.1 Å². The molecule has 6 nitrogen and oxygen atoms in total. The molecular formula is C23H21N3O3. The standard InChI is InChI=1S/C23H21N3O3/c1-17(24-29-16-21-9-4-5-12-23(21)26(27)28)18-10-6-11-22(13-18)25-14-19-7-2-3-8-20(19)15-25/h2-13H,14-16H2,1H3. The van der Waals surface area contributed by atoms with Gasteiger partial charge in [0.2, 0.25) is 0 Å². The molecule has 0 saturated carbocycles. The highest BCUT2D eigenvalue weighted by Gasteiger charge is 2.19. The highest BCUT2D eigenvalue weighted by molar-refractivity contribution is 5.99. The zero-order valence-corrected chi connectivity index (χ0v) is 16.1. The third kappa shape index (κ3) is 4.11. The van der Waals surface area contributed by atoms with E-state index < -0.39 is 4.92 Å². The molecule has 1 aliphatic heterocycles. The van der Waals surface area contributed by atoms with Crippen molar-refractivity contribution in [1.82, 2.24) is 0 Å². The van der Waals surface area contributed by atoms with Crippen LogP contribution in [0, 0.1) is 10.1 Å². The van der Waals surface area contributed by atoms with Crippen LogP contribution in [-0.2, 0) is 24.5 Å². The highest BCUT2D eigenvalue weighted by atomic mass is 16.6. The summed E-state index contributed by atoms with van der Waals surface area (Å²) >= 11 is 0. The maximum atomic E-state index is 11.1. The molecule has 0 saturated heterocycles. The second-order valence-electron chi connectivity index (χ2n) is 7.01. The number of oxime groups is 1. The van der Waals surface area contributed by atoms with Crippen molar-refractivity contribution in [3.8, 4) is 0 Å². The van der Waals surface area contributed by atoms with E-state index in [-0.39, 0.29) is 12.3 Å². The average Bonchev–Trinajstić information content (AvgIpc) is 3.18. The van der Waals surface area contributed by atoms with Crippen LogP contribution in [0.1, 0.15) is 29.2 Å². The smallest absolute Gasteiger partial charge is 0.276 e. The van der Waals surface area contributed by atoms with Gasteiger partial charge in [-0.2, -0.15) is 0 Å². The van der Waals surface area contributed by atoms with E-state index >= 15 is 0 Å². The summed E-state index contributed by atoms with van der Waals surface area (Å²) < 4.78 is 0. The highest BCUT2D eigenvalue weighted by Crippen LogP contribution is 2.28. The minimum atomic E-state index is -0.410. The first kappa shape index (κ1) is 18.7. The number of nitro groups is 1. The Labute approximate surface area is 169 Å². The van der Waals surface area contributed by atoms with Crippen molar-refractivity contribution >= 4 is 17.1 Å². The Morgan fingerprint density at radius 3 is 2.45 bits per heavy atom. The molecule has 0 N–H and O–H groups in total. The average molecular weight is 387 g/mol. The second kappa shape index (κ2) is 8.14. The van der Waals surface area contributed by atoms with Crippen LogP contribution in [0.3, 0.4) is 0 Å². The van der Waals surface area contributed by atoms with Crippen LogP contribution >= 0.6 is 0 Å². The molecule has 0 bridgehead atoms. The van der Waals surface area contributed by atoms with E-state index in [1.807, 2.05) is 19.1 Å². The third-order valence-electron chi connectivity index (χ3n) is 5.08. The molecule has 29 heavy (non-hydrogen) atoms. The zero-order chi connectivity index (χ0) is 20.2. The number of rotatable bonds is 6. The van der Waals surface area contributed by atoms with Crippen LogP contribution in [0.5, 0.6) is 0 Å². The molecule has 0 aromatic heterocycles. The number of anilines is 1. The molecule has 0 aliphatic carbocycles. The molecule has 3 aromatic carbocycles. The molecule has 0 atom stereocenters. The topological polar surface area (TPSA) is 68.0 Å². The van der Waals surface area contributed by atoms with Crippen LogP contribution < -0.4 is 4.90 Å². The van der Waals surface area contributed by atoms with E-state index in [2.05, 4.69) is 46.5 Å². The van der Waals surface area contributed by atoms with Gasteiger partial charge in [0.25, 0.3) is 5.69 Å². The van der Waals surface area contributed by atoms with Crippen LogP contribution in [0.2, 0.25) is 0 Å². The number of hydrogen-bond acceptors (Lipinski definition) is 5. The molecule has 1 aliphatic rings. The Morgan fingerprint density at radius 1 is 1.03 bits per heavy atom. The predicted octanol–water partition coefficient (Wildman–Crippen LogP) is 5.06. The summed E-state index contributed by atoms with van der Waals surface area (Å²) in [7, 11) is 0. The van der Waals surface area contributed by atoms with Gasteiger partial charge >= 0.3 is 0 Å². The quantitative estimate of drug-likeness (QED) is 0.337. The first-order valence-corrected chi connectivity index (χ1v) is 9.43. The van der Waals surface area contributed by atoms with Gasteiger partial charge in [-0.3, -0.25) is 10.1 Å². The molecule has 0 amide bonds. The van der Waals surface area contributed by atoms with Crippen LogP contribution in [-0.4, -0.2) is 10.6 Å². The van der Waals surface area contributed by atoms with E-state index in [4.69, 9.17) is 4.84 Å². The Kier molecular flexibility index (Phi) is 5.24. The summed E-state index contributed by atoms with van der Waals surface area (Å²) in [5, 5.41) is 15.3. The Bertz CT molecular complexity index is 1050. The minimum Gasteiger partial charge on any atom is -0.390 e. The van der Waals surface area contributed by atoms with Crippen molar-refractivity contribution in [2.45, 2.75) is 26.6 Å². The van der Waals surface area contributed by atoms with Gasteiger partial charge in [-0.1, -0.05) is 53.7 Å². The molecule has 3 aromatic rings. The molecule has 0 radical (unpaired) electrons. The van der Waals surface area contributed by atoms with Crippen molar-refractivity contribution in [1.29, 1.82) is 0 Å². The van der Waals surface area contributed by atoms with Gasteiger partial charge in [0, 0.05) is 30.4 Å². The molecule has 4 rings (SSSR count). The SMILES string of the molecule is CC(=NOCc1ccccc1[N+](=O)[O-])c1cccc(N2Cc3ccccc3C2)c1. The summed E-state index contributed by atoms with van der Waals surface area (Å²) in [5.41, 5.74) is 6.07. The van der Waals surface area contributed by atoms with E-state index in [1.165, 1.54) is 17.2 Å². The van der Waals surface area contributed by atoms with Crippen LogP contribution in [0.15, 0.2) is 78.0 Å². The number of fused-ring (bicyclic) bond motifs is 1. The summed E-state index contributed by atoms with van der Waals surface area (Å²) in [5.74, 6) is 0. The number of hydrogen-bond donors (Lipinski definition) is 0. The molecule has 6 heteroatoms.